The smallest absolute Gasteiger partial charge is 1.00 e. The molecule has 0 nitrogen and oxygen atoms in total. The molecule has 3 aliphatic carbocycles. The molecule has 0 radical (unpaired) electrons. The zero-order valence-electron chi connectivity index (χ0n) is 9.70. The van der Waals surface area contributed by atoms with Gasteiger partial charge in [-0.3, -0.25) is 18.2 Å². The average Bonchev–Trinajstić information content (AvgIpc) is 3.09. The molecule has 0 amide bonds. The van der Waals surface area contributed by atoms with Crippen molar-refractivity contribution in [1.29, 1.82) is 0 Å². The minimum absolute atomic E-state index is 0. The van der Waals surface area contributed by atoms with E-state index < -0.39 is 0 Å². The summed E-state index contributed by atoms with van der Waals surface area (Å²) in [6, 6.07) is 0. The van der Waals surface area contributed by atoms with E-state index in [9.17, 15) is 0 Å². The SMILES string of the molecule is [C-]1=CC=CC1.[C-]1=CC=CC1.[C-]1=CC=CC1.[Ce+4].[Cl-]. The van der Waals surface area contributed by atoms with Crippen molar-refractivity contribution in [2.75, 3.05) is 0 Å². The third kappa shape index (κ3) is 14.0. The third-order valence-electron chi connectivity index (χ3n) is 1.76. The Morgan fingerprint density at radius 3 is 0.941 bits per heavy atom. The van der Waals surface area contributed by atoms with E-state index in [0.717, 1.165) is 19.3 Å². The summed E-state index contributed by atoms with van der Waals surface area (Å²) in [6.45, 7) is 0. The Bertz CT molecular complexity index is 238. The van der Waals surface area contributed by atoms with Gasteiger partial charge >= 0.3 is 41.7 Å². The Morgan fingerprint density at radius 2 is 0.882 bits per heavy atom. The van der Waals surface area contributed by atoms with Crippen molar-refractivity contribution < 1.29 is 54.2 Å². The van der Waals surface area contributed by atoms with Crippen LogP contribution in [0.5, 0.6) is 0 Å². The number of hydrogen-bond donors (Lipinski definition) is 0. The molecule has 3 rings (SSSR count). The molecule has 17 heavy (non-hydrogen) atoms. The molecular weight excluding hydrogens is 356 g/mol. The van der Waals surface area contributed by atoms with Gasteiger partial charge in [-0.25, -0.2) is 36.5 Å². The van der Waals surface area contributed by atoms with E-state index in [0.29, 0.717) is 0 Å². The van der Waals surface area contributed by atoms with E-state index in [1.54, 1.807) is 0 Å². The number of hydrogen-bond acceptors (Lipinski definition) is 0. The fourth-order valence-electron chi connectivity index (χ4n) is 1.02. The molecule has 0 atom stereocenters. The normalized spacial score (nSPS) is 15.5. The Labute approximate surface area is 145 Å². The maximum Gasteiger partial charge on any atom is 4.00 e. The van der Waals surface area contributed by atoms with Gasteiger partial charge in [-0.05, 0) is 0 Å². The molecule has 0 spiro atoms. The molecule has 0 N–H and O–H groups in total. The molecule has 0 bridgehead atoms. The summed E-state index contributed by atoms with van der Waals surface area (Å²) in [7, 11) is 0. The maximum atomic E-state index is 2.99. The monoisotopic (exact) mass is 370 g/mol. The number of halogens is 1. The van der Waals surface area contributed by atoms with Gasteiger partial charge in [0.15, 0.2) is 0 Å². The van der Waals surface area contributed by atoms with Gasteiger partial charge in [-0.15, -0.1) is 19.3 Å². The molecule has 0 saturated carbocycles. The van der Waals surface area contributed by atoms with Crippen molar-refractivity contribution in [2.45, 2.75) is 19.3 Å². The van der Waals surface area contributed by atoms with Gasteiger partial charge in [0.2, 0.25) is 0 Å². The van der Waals surface area contributed by atoms with Gasteiger partial charge in [0.25, 0.3) is 0 Å². The van der Waals surface area contributed by atoms with Crippen LogP contribution in [-0.2, 0) is 0 Å². The first-order chi connectivity index (χ1) is 7.50. The summed E-state index contributed by atoms with van der Waals surface area (Å²) in [5.41, 5.74) is 0. The molecule has 86 valence electrons. The van der Waals surface area contributed by atoms with Gasteiger partial charge < -0.3 is 12.4 Å². The van der Waals surface area contributed by atoms with Crippen molar-refractivity contribution in [2.24, 2.45) is 0 Å². The molecule has 0 aromatic carbocycles. The van der Waals surface area contributed by atoms with Crippen molar-refractivity contribution in [3.8, 4) is 0 Å². The van der Waals surface area contributed by atoms with E-state index >= 15 is 0 Å². The molecule has 2 heteroatoms. The van der Waals surface area contributed by atoms with Gasteiger partial charge in [0.05, 0.1) is 0 Å². The second-order valence-electron chi connectivity index (χ2n) is 3.01. The Morgan fingerprint density at radius 1 is 0.588 bits per heavy atom. The van der Waals surface area contributed by atoms with Crippen molar-refractivity contribution >= 4 is 0 Å². The largest absolute Gasteiger partial charge is 4.00 e. The zero-order valence-corrected chi connectivity index (χ0v) is 13.6. The van der Waals surface area contributed by atoms with Crippen LogP contribution < -0.4 is 12.4 Å². The summed E-state index contributed by atoms with van der Waals surface area (Å²) >= 11 is 0. The molecule has 3 aliphatic rings. The molecule has 0 fully saturated rings. The quantitative estimate of drug-likeness (QED) is 0.556. The van der Waals surface area contributed by atoms with Crippen LogP contribution in [0.2, 0.25) is 0 Å². The number of allylic oxidation sites excluding steroid dienone is 12. The van der Waals surface area contributed by atoms with Gasteiger partial charge in [0, 0.05) is 0 Å². The summed E-state index contributed by atoms with van der Waals surface area (Å²) < 4.78 is 0. The topological polar surface area (TPSA) is 0 Å². The molecule has 0 aromatic rings. The van der Waals surface area contributed by atoms with Gasteiger partial charge in [-0.1, -0.05) is 0 Å². The molecule has 0 saturated heterocycles. The Balaban J connectivity index is 0. The molecule has 0 aliphatic heterocycles. The first kappa shape index (κ1) is 19.4. The summed E-state index contributed by atoms with van der Waals surface area (Å²) in [4.78, 5) is 0. The average molecular weight is 371 g/mol. The van der Waals surface area contributed by atoms with Crippen LogP contribution in [0, 0.1) is 60.0 Å². The second kappa shape index (κ2) is 16.1. The summed E-state index contributed by atoms with van der Waals surface area (Å²) in [6.07, 6.45) is 30.0. The minimum atomic E-state index is 0. The number of rotatable bonds is 0. The van der Waals surface area contributed by atoms with E-state index in [1.165, 1.54) is 0 Å². The van der Waals surface area contributed by atoms with Crippen LogP contribution in [0.4, 0.5) is 0 Å². The Kier molecular flexibility index (Phi) is 18.4. The molecule has 0 aromatic heterocycles. The van der Waals surface area contributed by atoms with Gasteiger partial charge in [0.1, 0.15) is 0 Å². The minimum Gasteiger partial charge on any atom is -1.00 e. The zero-order chi connectivity index (χ0) is 10.6. The van der Waals surface area contributed by atoms with Crippen LogP contribution in [0.3, 0.4) is 0 Å². The van der Waals surface area contributed by atoms with Crippen LogP contribution in [0.15, 0.2) is 54.7 Å². The van der Waals surface area contributed by atoms with E-state index in [4.69, 9.17) is 0 Å². The van der Waals surface area contributed by atoms with Crippen LogP contribution in [0.25, 0.3) is 0 Å². The molecule has 0 unspecified atom stereocenters. The Hall–Kier alpha value is 0.107. The second-order valence-corrected chi connectivity index (χ2v) is 3.01. The molecular formula is C15H15CeCl. The van der Waals surface area contributed by atoms with Crippen LogP contribution in [0.1, 0.15) is 19.3 Å². The van der Waals surface area contributed by atoms with Crippen molar-refractivity contribution in [3.05, 3.63) is 72.9 Å². The molecule has 0 heterocycles. The summed E-state index contributed by atoms with van der Waals surface area (Å²) in [5, 5.41) is 0. The third-order valence-corrected chi connectivity index (χ3v) is 1.76. The van der Waals surface area contributed by atoms with Crippen molar-refractivity contribution in [3.63, 3.8) is 0 Å². The van der Waals surface area contributed by atoms with Crippen LogP contribution >= 0.6 is 0 Å². The van der Waals surface area contributed by atoms with Crippen LogP contribution in [-0.4, -0.2) is 0 Å². The fourth-order valence-corrected chi connectivity index (χ4v) is 1.02. The predicted octanol–water partition coefficient (Wildman–Crippen LogP) is 0.921. The van der Waals surface area contributed by atoms with E-state index in [-0.39, 0.29) is 54.2 Å². The first-order valence-corrected chi connectivity index (χ1v) is 5.15. The van der Waals surface area contributed by atoms with Gasteiger partial charge in [-0.2, -0.15) is 18.2 Å². The van der Waals surface area contributed by atoms with E-state index in [2.05, 4.69) is 36.5 Å². The maximum absolute atomic E-state index is 2.99. The summed E-state index contributed by atoms with van der Waals surface area (Å²) in [5.74, 6) is 0. The van der Waals surface area contributed by atoms with Crippen molar-refractivity contribution in [1.82, 2.24) is 0 Å². The van der Waals surface area contributed by atoms with E-state index in [1.807, 2.05) is 36.5 Å². The predicted molar refractivity (Wildman–Crippen MR) is 64.7 cm³/mol. The standard InChI is InChI=1S/3C5H5.Ce.ClH/c3*1-2-4-5-3-1;;/h3*1-3H,4H2;;1H/q3*-1;+4;/p-1. The fraction of sp³-hybridized carbons (Fsp3) is 0.200. The first-order valence-electron chi connectivity index (χ1n) is 5.15.